The average Bonchev–Trinajstić information content (AvgIpc) is 2.47. The van der Waals surface area contributed by atoms with E-state index in [0.717, 1.165) is 15.7 Å². The van der Waals surface area contributed by atoms with Crippen molar-refractivity contribution in [3.05, 3.63) is 36.4 Å². The molecule has 0 heterocycles. The van der Waals surface area contributed by atoms with Gasteiger partial charge in [-0.3, -0.25) is 4.79 Å². The van der Waals surface area contributed by atoms with Crippen LogP contribution in [0.4, 0.5) is 0 Å². The second kappa shape index (κ2) is 6.36. The number of hydrogen-bond acceptors (Lipinski definition) is 3. The molecular weight excluding hydrogens is 270 g/mol. The maximum absolute atomic E-state index is 11.8. The van der Waals surface area contributed by atoms with Crippen molar-refractivity contribution in [2.75, 3.05) is 6.54 Å². The molecule has 0 saturated carbocycles. The minimum Gasteiger partial charge on any atom is -0.507 e. The van der Waals surface area contributed by atoms with Crippen LogP contribution in [0.5, 0.6) is 5.75 Å². The Morgan fingerprint density at radius 3 is 2.75 bits per heavy atom. The van der Waals surface area contributed by atoms with E-state index in [1.807, 2.05) is 37.3 Å². The second-order valence-corrected chi connectivity index (χ2v) is 5.69. The van der Waals surface area contributed by atoms with Gasteiger partial charge in [0.25, 0.3) is 0 Å². The van der Waals surface area contributed by atoms with E-state index in [1.165, 1.54) is 11.8 Å². The van der Waals surface area contributed by atoms with Crippen LogP contribution in [0.15, 0.2) is 41.3 Å². The molecule has 2 aromatic rings. The highest BCUT2D eigenvalue weighted by atomic mass is 32.2. The molecule has 1 amide bonds. The van der Waals surface area contributed by atoms with Crippen LogP contribution >= 0.6 is 11.8 Å². The highest BCUT2D eigenvalue weighted by Gasteiger charge is 2.15. The summed E-state index contributed by atoms with van der Waals surface area (Å²) in [4.78, 5) is 12.8. The average molecular weight is 285 g/mol. The quantitative estimate of drug-likeness (QED) is 0.671. The molecule has 0 aliphatic rings. The number of hydrogen-bond donors (Lipinski definition) is 2. The number of amides is 1. The first-order valence-corrected chi connectivity index (χ1v) is 7.10. The van der Waals surface area contributed by atoms with Crippen LogP contribution in [0.2, 0.25) is 0 Å². The predicted molar refractivity (Wildman–Crippen MR) is 82.8 cm³/mol. The normalized spacial score (nSPS) is 11.8. The van der Waals surface area contributed by atoms with E-state index in [0.29, 0.717) is 0 Å². The van der Waals surface area contributed by atoms with Crippen molar-refractivity contribution in [3.63, 3.8) is 0 Å². The Balaban J connectivity index is 2.24. The van der Waals surface area contributed by atoms with E-state index in [9.17, 15) is 9.90 Å². The summed E-state index contributed by atoms with van der Waals surface area (Å²) in [7, 11) is 0. The van der Waals surface area contributed by atoms with Crippen LogP contribution in [0.3, 0.4) is 0 Å². The lowest BCUT2D eigenvalue weighted by Gasteiger charge is -2.13. The molecule has 0 saturated heterocycles. The summed E-state index contributed by atoms with van der Waals surface area (Å²) < 4.78 is 0. The number of fused-ring (bicyclic) bond motifs is 1. The molecule has 2 rings (SSSR count). The summed E-state index contributed by atoms with van der Waals surface area (Å²) in [6.45, 7) is 2.07. The van der Waals surface area contributed by atoms with E-state index in [1.54, 1.807) is 6.07 Å². The minimum atomic E-state index is -0.253. The molecule has 3 nitrogen and oxygen atoms in total. The highest BCUT2D eigenvalue weighted by Crippen LogP contribution is 2.35. The monoisotopic (exact) mass is 285 g/mol. The first-order valence-electron chi connectivity index (χ1n) is 6.22. The van der Waals surface area contributed by atoms with Crippen LogP contribution in [0.1, 0.15) is 6.92 Å². The lowest BCUT2D eigenvalue weighted by molar-refractivity contribution is -0.120. The fourth-order valence-electron chi connectivity index (χ4n) is 1.88. The van der Waals surface area contributed by atoms with Gasteiger partial charge in [-0.25, -0.2) is 0 Å². The molecule has 20 heavy (non-hydrogen) atoms. The van der Waals surface area contributed by atoms with Crippen LogP contribution in [0.25, 0.3) is 10.8 Å². The van der Waals surface area contributed by atoms with Crippen molar-refractivity contribution < 1.29 is 9.90 Å². The molecular formula is C16H15NO2S. The van der Waals surface area contributed by atoms with E-state index in [2.05, 4.69) is 11.2 Å². The van der Waals surface area contributed by atoms with Crippen LogP contribution in [-0.2, 0) is 4.79 Å². The number of terminal acetylenes is 1. The number of thioether (sulfide) groups is 1. The smallest absolute Gasteiger partial charge is 0.233 e. The molecule has 0 aliphatic carbocycles. The minimum absolute atomic E-state index is 0.0925. The highest BCUT2D eigenvalue weighted by molar-refractivity contribution is 8.00. The number of nitrogens with one attached hydrogen (secondary N) is 1. The van der Waals surface area contributed by atoms with Gasteiger partial charge in [-0.1, -0.05) is 30.2 Å². The zero-order valence-corrected chi connectivity index (χ0v) is 11.9. The van der Waals surface area contributed by atoms with Gasteiger partial charge in [0.15, 0.2) is 0 Å². The van der Waals surface area contributed by atoms with Gasteiger partial charge in [-0.2, -0.15) is 0 Å². The molecule has 2 N–H and O–H groups in total. The summed E-state index contributed by atoms with van der Waals surface area (Å²) in [5.74, 6) is 2.53. The lowest BCUT2D eigenvalue weighted by atomic mass is 10.1. The van der Waals surface area contributed by atoms with Crippen molar-refractivity contribution in [1.82, 2.24) is 5.32 Å². The van der Waals surface area contributed by atoms with Crippen molar-refractivity contribution in [1.29, 1.82) is 0 Å². The van der Waals surface area contributed by atoms with E-state index >= 15 is 0 Å². The molecule has 1 atom stereocenters. The van der Waals surface area contributed by atoms with Gasteiger partial charge >= 0.3 is 0 Å². The molecule has 0 bridgehead atoms. The number of rotatable bonds is 4. The fourth-order valence-corrected chi connectivity index (χ4v) is 2.91. The maximum Gasteiger partial charge on any atom is 0.233 e. The topological polar surface area (TPSA) is 49.3 Å². The van der Waals surface area contributed by atoms with Gasteiger partial charge in [0.1, 0.15) is 5.75 Å². The standard InChI is InChI=1S/C16H15NO2S/c1-3-10-17-16(19)11(2)20-15-9-8-14(18)12-6-4-5-7-13(12)15/h1,4-9,11,18H,10H2,2H3,(H,17,19). The molecule has 2 aromatic carbocycles. The molecule has 1 unspecified atom stereocenters. The Morgan fingerprint density at radius 1 is 1.35 bits per heavy atom. The second-order valence-electron chi connectivity index (χ2n) is 4.31. The van der Waals surface area contributed by atoms with Crippen molar-refractivity contribution in [2.24, 2.45) is 0 Å². The number of phenolic OH excluding ortho intramolecular Hbond substituents is 1. The van der Waals surface area contributed by atoms with Gasteiger partial charge in [-0.05, 0) is 24.4 Å². The number of aromatic hydroxyl groups is 1. The summed E-state index contributed by atoms with van der Waals surface area (Å²) in [6, 6.07) is 11.1. The van der Waals surface area contributed by atoms with E-state index < -0.39 is 0 Å². The first kappa shape index (κ1) is 14.3. The fraction of sp³-hybridized carbons (Fsp3) is 0.188. The predicted octanol–water partition coefficient (Wildman–Crippen LogP) is 2.78. The van der Waals surface area contributed by atoms with Gasteiger partial charge < -0.3 is 10.4 Å². The summed E-state index contributed by atoms with van der Waals surface area (Å²) >= 11 is 1.45. The molecule has 0 fully saturated rings. The molecule has 4 heteroatoms. The Kier molecular flexibility index (Phi) is 4.54. The van der Waals surface area contributed by atoms with Gasteiger partial charge in [-0.15, -0.1) is 18.2 Å². The molecule has 0 aromatic heterocycles. The third kappa shape index (κ3) is 3.06. The number of phenols is 1. The van der Waals surface area contributed by atoms with Crippen LogP contribution in [0, 0.1) is 12.3 Å². The number of benzene rings is 2. The molecule has 0 radical (unpaired) electrons. The van der Waals surface area contributed by atoms with Gasteiger partial charge in [0, 0.05) is 10.3 Å². The van der Waals surface area contributed by atoms with Crippen molar-refractivity contribution >= 4 is 28.4 Å². The van der Waals surface area contributed by atoms with Crippen LogP contribution < -0.4 is 5.32 Å². The van der Waals surface area contributed by atoms with E-state index in [-0.39, 0.29) is 23.5 Å². The van der Waals surface area contributed by atoms with Crippen LogP contribution in [-0.4, -0.2) is 22.8 Å². The van der Waals surface area contributed by atoms with Crippen molar-refractivity contribution in [2.45, 2.75) is 17.1 Å². The Labute approximate surface area is 122 Å². The maximum atomic E-state index is 11.8. The lowest BCUT2D eigenvalue weighted by Crippen LogP contribution is -2.31. The third-order valence-corrected chi connectivity index (χ3v) is 4.08. The molecule has 0 spiro atoms. The summed E-state index contributed by atoms with van der Waals surface area (Å²) in [6.07, 6.45) is 5.12. The summed E-state index contributed by atoms with van der Waals surface area (Å²) in [5, 5.41) is 14.0. The van der Waals surface area contributed by atoms with Crippen molar-refractivity contribution in [3.8, 4) is 18.1 Å². The SMILES string of the molecule is C#CCNC(=O)C(C)Sc1ccc(O)c2ccccc12. The Hall–Kier alpha value is -2.12. The Morgan fingerprint density at radius 2 is 2.05 bits per heavy atom. The molecule has 102 valence electrons. The number of carbonyl (C=O) groups excluding carboxylic acids is 1. The van der Waals surface area contributed by atoms with E-state index in [4.69, 9.17) is 6.42 Å². The zero-order chi connectivity index (χ0) is 14.5. The van der Waals surface area contributed by atoms with Gasteiger partial charge in [0.2, 0.25) is 5.91 Å². The zero-order valence-electron chi connectivity index (χ0n) is 11.1. The largest absolute Gasteiger partial charge is 0.507 e. The first-order chi connectivity index (χ1) is 9.63. The molecule has 0 aliphatic heterocycles. The van der Waals surface area contributed by atoms with Gasteiger partial charge in [0.05, 0.1) is 11.8 Å². The Bertz CT molecular complexity index is 676. The summed E-state index contributed by atoms with van der Waals surface area (Å²) in [5.41, 5.74) is 0. The number of carbonyl (C=O) groups is 1. The third-order valence-electron chi connectivity index (χ3n) is 2.90.